The highest BCUT2D eigenvalue weighted by Gasteiger charge is 2.11. The Balaban J connectivity index is 1.92. The zero-order valence-corrected chi connectivity index (χ0v) is 12.7. The van der Waals surface area contributed by atoms with Gasteiger partial charge in [-0.2, -0.15) is 0 Å². The van der Waals surface area contributed by atoms with Crippen molar-refractivity contribution in [1.82, 2.24) is 15.6 Å². The number of guanidine groups is 1. The van der Waals surface area contributed by atoms with Gasteiger partial charge in [0.2, 0.25) is 0 Å². The lowest BCUT2D eigenvalue weighted by molar-refractivity contribution is 0.501. The minimum absolute atomic E-state index is 0.0165. The number of aliphatic imine (C=N–C) groups is 1. The average molecular weight is 272 g/mol. The van der Waals surface area contributed by atoms with E-state index in [1.54, 1.807) is 7.05 Å². The SMILES string of the molecule is CN=C(NCCc1c[nH]c2ccccc12)NC(C)(C)C. The second-order valence-electron chi connectivity index (χ2n) is 5.98. The van der Waals surface area contributed by atoms with Crippen LogP contribution in [0.3, 0.4) is 0 Å². The first-order valence-electron chi connectivity index (χ1n) is 7.03. The van der Waals surface area contributed by atoms with E-state index < -0.39 is 0 Å². The lowest BCUT2D eigenvalue weighted by Crippen LogP contribution is -2.48. The number of benzene rings is 1. The van der Waals surface area contributed by atoms with E-state index >= 15 is 0 Å². The highest BCUT2D eigenvalue weighted by molar-refractivity contribution is 5.83. The Hall–Kier alpha value is -1.97. The summed E-state index contributed by atoms with van der Waals surface area (Å²) in [6, 6.07) is 8.39. The Labute approximate surface area is 120 Å². The number of fused-ring (bicyclic) bond motifs is 1. The summed E-state index contributed by atoms with van der Waals surface area (Å²) < 4.78 is 0. The summed E-state index contributed by atoms with van der Waals surface area (Å²) in [7, 11) is 1.80. The van der Waals surface area contributed by atoms with Crippen molar-refractivity contribution in [3.8, 4) is 0 Å². The summed E-state index contributed by atoms with van der Waals surface area (Å²) in [4.78, 5) is 7.55. The Morgan fingerprint density at radius 2 is 2.00 bits per heavy atom. The molecule has 0 aliphatic carbocycles. The molecule has 0 saturated heterocycles. The molecule has 4 nitrogen and oxygen atoms in total. The van der Waals surface area contributed by atoms with E-state index in [9.17, 15) is 0 Å². The molecule has 0 spiro atoms. The van der Waals surface area contributed by atoms with Gasteiger partial charge in [0.15, 0.2) is 5.96 Å². The van der Waals surface area contributed by atoms with Gasteiger partial charge in [0, 0.05) is 36.2 Å². The van der Waals surface area contributed by atoms with Crippen LogP contribution in [-0.2, 0) is 6.42 Å². The van der Waals surface area contributed by atoms with E-state index in [-0.39, 0.29) is 5.54 Å². The molecule has 0 unspecified atom stereocenters. The lowest BCUT2D eigenvalue weighted by atomic mass is 10.1. The van der Waals surface area contributed by atoms with Gasteiger partial charge in [-0.05, 0) is 38.8 Å². The van der Waals surface area contributed by atoms with E-state index in [2.05, 4.69) is 71.8 Å². The molecule has 0 atom stereocenters. The fraction of sp³-hybridized carbons (Fsp3) is 0.438. The fourth-order valence-corrected chi connectivity index (χ4v) is 2.19. The smallest absolute Gasteiger partial charge is 0.191 e. The number of hydrogen-bond donors (Lipinski definition) is 3. The molecule has 3 N–H and O–H groups in total. The molecule has 0 radical (unpaired) electrons. The summed E-state index contributed by atoms with van der Waals surface area (Å²) >= 11 is 0. The van der Waals surface area contributed by atoms with E-state index in [0.29, 0.717) is 0 Å². The zero-order chi connectivity index (χ0) is 14.6. The second kappa shape index (κ2) is 5.99. The monoisotopic (exact) mass is 272 g/mol. The maximum Gasteiger partial charge on any atom is 0.191 e. The summed E-state index contributed by atoms with van der Waals surface area (Å²) in [5, 5.41) is 8.01. The third-order valence-electron chi connectivity index (χ3n) is 3.08. The Morgan fingerprint density at radius 3 is 2.70 bits per heavy atom. The van der Waals surface area contributed by atoms with Crippen LogP contribution in [0.5, 0.6) is 0 Å². The van der Waals surface area contributed by atoms with Gasteiger partial charge >= 0.3 is 0 Å². The first-order chi connectivity index (χ1) is 9.49. The Kier molecular flexibility index (Phi) is 4.32. The maximum atomic E-state index is 4.24. The molecule has 20 heavy (non-hydrogen) atoms. The van der Waals surface area contributed by atoms with Gasteiger partial charge in [0.05, 0.1) is 0 Å². The number of H-pyrrole nitrogens is 1. The highest BCUT2D eigenvalue weighted by atomic mass is 15.2. The first kappa shape index (κ1) is 14.4. The van der Waals surface area contributed by atoms with Gasteiger partial charge < -0.3 is 15.6 Å². The molecular weight excluding hydrogens is 248 g/mol. The second-order valence-corrected chi connectivity index (χ2v) is 5.98. The quantitative estimate of drug-likeness (QED) is 0.594. The van der Waals surface area contributed by atoms with Crippen LogP contribution in [0.25, 0.3) is 10.9 Å². The molecule has 0 amide bonds. The largest absolute Gasteiger partial charge is 0.361 e. The van der Waals surface area contributed by atoms with Crippen molar-refractivity contribution in [1.29, 1.82) is 0 Å². The van der Waals surface area contributed by atoms with Crippen molar-refractivity contribution < 1.29 is 0 Å². The van der Waals surface area contributed by atoms with Crippen molar-refractivity contribution in [2.24, 2.45) is 4.99 Å². The summed E-state index contributed by atoms with van der Waals surface area (Å²) in [6.07, 6.45) is 3.06. The third kappa shape index (κ3) is 3.76. The Bertz CT molecular complexity index is 590. The van der Waals surface area contributed by atoms with E-state index in [1.165, 1.54) is 16.5 Å². The molecule has 0 saturated carbocycles. The number of para-hydroxylation sites is 1. The zero-order valence-electron chi connectivity index (χ0n) is 12.7. The summed E-state index contributed by atoms with van der Waals surface area (Å²) in [6.45, 7) is 7.23. The first-order valence-corrected chi connectivity index (χ1v) is 7.03. The molecule has 0 fully saturated rings. The molecule has 1 aromatic heterocycles. The average Bonchev–Trinajstić information content (AvgIpc) is 2.80. The van der Waals surface area contributed by atoms with Crippen LogP contribution < -0.4 is 10.6 Å². The van der Waals surface area contributed by atoms with E-state index in [0.717, 1.165) is 18.9 Å². The van der Waals surface area contributed by atoms with Crippen molar-refractivity contribution in [2.45, 2.75) is 32.7 Å². The van der Waals surface area contributed by atoms with Gasteiger partial charge in [-0.15, -0.1) is 0 Å². The molecular formula is C16H24N4. The standard InChI is InChI=1S/C16H24N4/c1-16(2,3)20-15(17-4)18-10-9-12-11-19-14-8-6-5-7-13(12)14/h5-8,11,19H,9-10H2,1-4H3,(H2,17,18,20). The number of nitrogens with zero attached hydrogens (tertiary/aromatic N) is 1. The van der Waals surface area contributed by atoms with Gasteiger partial charge in [-0.25, -0.2) is 0 Å². The van der Waals surface area contributed by atoms with E-state index in [1.807, 2.05) is 0 Å². The molecule has 0 bridgehead atoms. The van der Waals surface area contributed by atoms with Crippen LogP contribution in [0.15, 0.2) is 35.5 Å². The normalized spacial score (nSPS) is 12.7. The van der Waals surface area contributed by atoms with Crippen LogP contribution in [0.2, 0.25) is 0 Å². The third-order valence-corrected chi connectivity index (χ3v) is 3.08. The number of rotatable bonds is 3. The molecule has 0 aliphatic heterocycles. The Morgan fingerprint density at radius 1 is 1.25 bits per heavy atom. The van der Waals surface area contributed by atoms with Gasteiger partial charge in [-0.1, -0.05) is 18.2 Å². The van der Waals surface area contributed by atoms with Crippen molar-refractivity contribution >= 4 is 16.9 Å². The number of nitrogens with one attached hydrogen (secondary N) is 3. The maximum absolute atomic E-state index is 4.24. The molecule has 108 valence electrons. The number of aromatic amines is 1. The van der Waals surface area contributed by atoms with Gasteiger partial charge in [0.1, 0.15) is 0 Å². The molecule has 1 aromatic carbocycles. The van der Waals surface area contributed by atoms with Crippen molar-refractivity contribution in [2.75, 3.05) is 13.6 Å². The van der Waals surface area contributed by atoms with Gasteiger partial charge in [0.25, 0.3) is 0 Å². The summed E-state index contributed by atoms with van der Waals surface area (Å²) in [5.41, 5.74) is 2.54. The predicted molar refractivity (Wildman–Crippen MR) is 86.3 cm³/mol. The molecule has 0 aliphatic rings. The molecule has 4 heteroatoms. The molecule has 2 aromatic rings. The van der Waals surface area contributed by atoms with Crippen LogP contribution in [0.1, 0.15) is 26.3 Å². The lowest BCUT2D eigenvalue weighted by Gasteiger charge is -2.23. The minimum Gasteiger partial charge on any atom is -0.361 e. The van der Waals surface area contributed by atoms with E-state index in [4.69, 9.17) is 0 Å². The predicted octanol–water partition coefficient (Wildman–Crippen LogP) is 2.67. The highest BCUT2D eigenvalue weighted by Crippen LogP contribution is 2.17. The van der Waals surface area contributed by atoms with Crippen LogP contribution in [0.4, 0.5) is 0 Å². The van der Waals surface area contributed by atoms with Crippen LogP contribution >= 0.6 is 0 Å². The van der Waals surface area contributed by atoms with Crippen LogP contribution in [-0.4, -0.2) is 30.1 Å². The van der Waals surface area contributed by atoms with Gasteiger partial charge in [-0.3, -0.25) is 4.99 Å². The van der Waals surface area contributed by atoms with Crippen molar-refractivity contribution in [3.63, 3.8) is 0 Å². The number of aromatic nitrogens is 1. The minimum atomic E-state index is 0.0165. The molecule has 1 heterocycles. The molecule has 2 rings (SSSR count). The topological polar surface area (TPSA) is 52.2 Å². The summed E-state index contributed by atoms with van der Waals surface area (Å²) in [5.74, 6) is 0.845. The van der Waals surface area contributed by atoms with Crippen molar-refractivity contribution in [3.05, 3.63) is 36.0 Å². The van der Waals surface area contributed by atoms with Crippen LogP contribution in [0, 0.1) is 0 Å². The fourth-order valence-electron chi connectivity index (χ4n) is 2.19. The number of hydrogen-bond acceptors (Lipinski definition) is 1.